The highest BCUT2D eigenvalue weighted by atomic mass is 19.1. The molecule has 38 heavy (non-hydrogen) atoms. The van der Waals surface area contributed by atoms with Crippen LogP contribution in [0.4, 0.5) is 9.18 Å². The molecule has 1 unspecified atom stereocenters. The van der Waals surface area contributed by atoms with Gasteiger partial charge in [0.25, 0.3) is 0 Å². The Bertz CT molecular complexity index is 1100. The van der Waals surface area contributed by atoms with Crippen LogP contribution in [0.2, 0.25) is 0 Å². The number of hydrogen-bond acceptors (Lipinski definition) is 8. The van der Waals surface area contributed by atoms with E-state index in [2.05, 4.69) is 10.1 Å². The first-order valence-corrected chi connectivity index (χ1v) is 12.4. The zero-order valence-corrected chi connectivity index (χ0v) is 21.9. The number of aromatic nitrogens is 1. The maximum Gasteiger partial charge on any atom is 0.410 e. The molecule has 1 atom stereocenters. The van der Waals surface area contributed by atoms with Gasteiger partial charge in [-0.1, -0.05) is 17.3 Å². The van der Waals surface area contributed by atoms with Gasteiger partial charge in [0.05, 0.1) is 31.1 Å². The van der Waals surface area contributed by atoms with Gasteiger partial charge in [-0.25, -0.2) is 14.0 Å². The molecule has 1 aliphatic heterocycles. The maximum absolute atomic E-state index is 13.3. The number of halogens is 1. The number of aromatic carboxylic acids is 1. The highest BCUT2D eigenvalue weighted by Crippen LogP contribution is 2.16. The minimum Gasteiger partial charge on any atom is -0.478 e. The predicted molar refractivity (Wildman–Crippen MR) is 136 cm³/mol. The Kier molecular flexibility index (Phi) is 10.5. The predicted octanol–water partition coefficient (Wildman–Crippen LogP) is 4.62. The normalized spacial score (nSPS) is 16.1. The lowest BCUT2D eigenvalue weighted by Crippen LogP contribution is -2.38. The second kappa shape index (κ2) is 13.8. The Hall–Kier alpha value is -3.57. The van der Waals surface area contributed by atoms with Crippen molar-refractivity contribution in [1.82, 2.24) is 9.88 Å². The van der Waals surface area contributed by atoms with E-state index >= 15 is 0 Å². The van der Waals surface area contributed by atoms with Gasteiger partial charge in [0.1, 0.15) is 17.1 Å². The Labute approximate surface area is 221 Å². The Morgan fingerprint density at radius 3 is 2.63 bits per heavy atom. The van der Waals surface area contributed by atoms with E-state index in [4.69, 9.17) is 19.0 Å². The molecule has 1 saturated heterocycles. The molecule has 10 nitrogen and oxygen atoms in total. The smallest absolute Gasteiger partial charge is 0.410 e. The lowest BCUT2D eigenvalue weighted by molar-refractivity contribution is -0.162. The molecule has 0 aliphatic carbocycles. The number of carboxylic acids is 1. The summed E-state index contributed by atoms with van der Waals surface area (Å²) in [5.41, 5.74) is 0.653. The third-order valence-corrected chi connectivity index (χ3v) is 5.40. The van der Waals surface area contributed by atoms with Crippen molar-refractivity contribution < 1.29 is 38.1 Å². The molecule has 0 saturated carbocycles. The van der Waals surface area contributed by atoms with Crippen molar-refractivity contribution in [3.8, 4) is 0 Å². The van der Waals surface area contributed by atoms with Crippen molar-refractivity contribution in [2.24, 2.45) is 5.16 Å². The number of hydrogen-bond donors (Lipinski definition) is 1. The fraction of sp³-hybridized carbons (Fsp3) is 0.481. The van der Waals surface area contributed by atoms with Gasteiger partial charge in [0.15, 0.2) is 0 Å². The van der Waals surface area contributed by atoms with E-state index in [1.807, 2.05) is 0 Å². The number of carbonyl (C=O) groups excluding carboxylic acids is 1. The van der Waals surface area contributed by atoms with E-state index in [1.54, 1.807) is 32.9 Å². The molecular formula is C27H34FN3O7. The number of carboxylic acid groups (broad SMARTS) is 1. The first-order valence-electron chi connectivity index (χ1n) is 12.4. The summed E-state index contributed by atoms with van der Waals surface area (Å²) in [6, 6.07) is 8.63. The molecule has 2 heterocycles. The van der Waals surface area contributed by atoms with Crippen molar-refractivity contribution in [2.75, 3.05) is 26.4 Å². The Morgan fingerprint density at radius 2 is 1.97 bits per heavy atom. The van der Waals surface area contributed by atoms with Crippen molar-refractivity contribution in [3.63, 3.8) is 0 Å². The first kappa shape index (κ1) is 29.0. The first-order chi connectivity index (χ1) is 18.1. The summed E-state index contributed by atoms with van der Waals surface area (Å²) in [5.74, 6) is -1.46. The lowest BCUT2D eigenvalue weighted by Gasteiger charge is -2.27. The summed E-state index contributed by atoms with van der Waals surface area (Å²) in [6.07, 6.45) is 2.93. The van der Waals surface area contributed by atoms with Gasteiger partial charge in [0, 0.05) is 25.7 Å². The van der Waals surface area contributed by atoms with E-state index in [-0.39, 0.29) is 49.1 Å². The minimum absolute atomic E-state index is 0.0482. The number of pyridine rings is 1. The zero-order valence-electron chi connectivity index (χ0n) is 21.9. The third kappa shape index (κ3) is 9.71. The zero-order chi connectivity index (χ0) is 27.5. The minimum atomic E-state index is -1.10. The van der Waals surface area contributed by atoms with Gasteiger partial charge in [-0.05, 0) is 63.4 Å². The number of carbonyl (C=O) groups is 2. The summed E-state index contributed by atoms with van der Waals surface area (Å²) in [7, 11) is 0. The molecule has 3 rings (SSSR count). The van der Waals surface area contributed by atoms with Crippen LogP contribution < -0.4 is 0 Å². The van der Waals surface area contributed by atoms with Crippen LogP contribution in [-0.2, 0) is 25.6 Å². The molecule has 2 aromatic rings. The number of nitrogens with zero attached hydrogens (tertiary/aromatic N) is 3. The van der Waals surface area contributed by atoms with Crippen LogP contribution in [0, 0.1) is 5.82 Å². The van der Waals surface area contributed by atoms with Crippen molar-refractivity contribution in [2.45, 2.75) is 58.5 Å². The van der Waals surface area contributed by atoms with Gasteiger partial charge in [0.2, 0.25) is 6.29 Å². The van der Waals surface area contributed by atoms with Crippen LogP contribution in [0.3, 0.4) is 0 Å². The number of rotatable bonds is 11. The monoisotopic (exact) mass is 531 g/mol. The Morgan fingerprint density at radius 1 is 1.21 bits per heavy atom. The molecule has 206 valence electrons. The quantitative estimate of drug-likeness (QED) is 0.253. The molecular weight excluding hydrogens is 497 g/mol. The fourth-order valence-electron chi connectivity index (χ4n) is 3.50. The van der Waals surface area contributed by atoms with Gasteiger partial charge < -0.3 is 29.1 Å². The molecule has 1 aromatic carbocycles. The Balaban J connectivity index is 1.67. The molecule has 11 heteroatoms. The van der Waals surface area contributed by atoms with Crippen LogP contribution >= 0.6 is 0 Å². The number of benzene rings is 1. The second-order valence-corrected chi connectivity index (χ2v) is 9.76. The average Bonchev–Trinajstić information content (AvgIpc) is 2.88. The second-order valence-electron chi connectivity index (χ2n) is 9.76. The molecule has 0 spiro atoms. The van der Waals surface area contributed by atoms with Crippen LogP contribution in [0.5, 0.6) is 0 Å². The van der Waals surface area contributed by atoms with E-state index in [0.29, 0.717) is 13.0 Å². The molecule has 0 bridgehead atoms. The summed E-state index contributed by atoms with van der Waals surface area (Å²) < 4.78 is 30.2. The standard InChI is InChI=1S/C27H34FN3O7/c1-27(2,3)37-26(34)31(17-19-7-9-21(28)10-8-19)13-15-35-18-23(30-38-24-6-4-5-14-36-24)22-16-20(25(32)33)11-12-29-22/h7-12,16,24H,4-6,13-15,17-18H2,1-3H3,(H,32,33)/b30-23+. The van der Waals surface area contributed by atoms with Crippen LogP contribution in [-0.4, -0.2) is 71.0 Å². The van der Waals surface area contributed by atoms with E-state index in [1.165, 1.54) is 35.4 Å². The largest absolute Gasteiger partial charge is 0.478 e. The summed E-state index contributed by atoms with van der Waals surface area (Å²) >= 11 is 0. The average molecular weight is 532 g/mol. The summed E-state index contributed by atoms with van der Waals surface area (Å²) in [5, 5.41) is 13.5. The molecule has 1 amide bonds. The fourth-order valence-corrected chi connectivity index (χ4v) is 3.50. The number of oxime groups is 1. The van der Waals surface area contributed by atoms with E-state index in [9.17, 15) is 19.1 Å². The number of amides is 1. The summed E-state index contributed by atoms with van der Waals surface area (Å²) in [4.78, 5) is 35.5. The van der Waals surface area contributed by atoms with Crippen LogP contribution in [0.15, 0.2) is 47.8 Å². The third-order valence-electron chi connectivity index (χ3n) is 5.40. The molecule has 1 aliphatic rings. The summed E-state index contributed by atoms with van der Waals surface area (Å²) in [6.45, 7) is 6.32. The lowest BCUT2D eigenvalue weighted by atomic mass is 10.2. The van der Waals surface area contributed by atoms with Gasteiger partial charge in [-0.2, -0.15) is 0 Å². The van der Waals surface area contributed by atoms with Crippen LogP contribution in [0.1, 0.15) is 61.6 Å². The molecule has 1 N–H and O–H groups in total. The van der Waals surface area contributed by atoms with E-state index < -0.39 is 24.0 Å². The van der Waals surface area contributed by atoms with Crippen molar-refractivity contribution in [3.05, 3.63) is 65.2 Å². The van der Waals surface area contributed by atoms with Crippen molar-refractivity contribution in [1.29, 1.82) is 0 Å². The van der Waals surface area contributed by atoms with Crippen LogP contribution in [0.25, 0.3) is 0 Å². The molecule has 1 fully saturated rings. The molecule has 0 radical (unpaired) electrons. The van der Waals surface area contributed by atoms with E-state index in [0.717, 1.165) is 18.4 Å². The maximum atomic E-state index is 13.3. The highest BCUT2D eigenvalue weighted by Gasteiger charge is 2.23. The van der Waals surface area contributed by atoms with Gasteiger partial charge >= 0.3 is 12.1 Å². The highest BCUT2D eigenvalue weighted by molar-refractivity contribution is 6.01. The molecule has 1 aromatic heterocycles. The van der Waals surface area contributed by atoms with Gasteiger partial charge in [-0.15, -0.1) is 0 Å². The SMILES string of the molecule is CC(C)(C)OC(=O)N(CCOC/C(=N\OC1CCCCO1)c1cc(C(=O)O)ccn1)Cc1ccc(F)cc1. The van der Waals surface area contributed by atoms with Crippen molar-refractivity contribution >= 4 is 17.8 Å². The number of ether oxygens (including phenoxy) is 3. The van der Waals surface area contributed by atoms with Gasteiger partial charge in [-0.3, -0.25) is 4.98 Å². The topological polar surface area (TPSA) is 120 Å².